The molecule has 0 unspecified atom stereocenters. The maximum absolute atomic E-state index is 13.1. The molecular formula is C24H21N3O3. The van der Waals surface area contributed by atoms with Gasteiger partial charge in [0, 0.05) is 31.0 Å². The van der Waals surface area contributed by atoms with E-state index < -0.39 is 0 Å². The van der Waals surface area contributed by atoms with Crippen LogP contribution in [0.15, 0.2) is 73.1 Å². The summed E-state index contributed by atoms with van der Waals surface area (Å²) >= 11 is 0. The number of hydrogen-bond acceptors (Lipinski definition) is 4. The highest BCUT2D eigenvalue weighted by atomic mass is 16.2. The molecule has 2 heterocycles. The van der Waals surface area contributed by atoms with Gasteiger partial charge in [-0.3, -0.25) is 24.3 Å². The fourth-order valence-electron chi connectivity index (χ4n) is 3.51. The van der Waals surface area contributed by atoms with Gasteiger partial charge in [0.1, 0.15) is 0 Å². The fraction of sp³-hybridized carbons (Fsp3) is 0.167. The lowest BCUT2D eigenvalue weighted by molar-refractivity contribution is -0.118. The predicted octanol–water partition coefficient (Wildman–Crippen LogP) is 3.61. The summed E-state index contributed by atoms with van der Waals surface area (Å²) in [4.78, 5) is 45.2. The number of carbonyl (C=O) groups is 3. The third kappa shape index (κ3) is 3.85. The molecule has 4 rings (SSSR count). The highest BCUT2D eigenvalue weighted by molar-refractivity contribution is 6.21. The molecule has 0 N–H and O–H groups in total. The van der Waals surface area contributed by atoms with Gasteiger partial charge in [0.15, 0.2) is 0 Å². The van der Waals surface area contributed by atoms with Crippen molar-refractivity contribution in [1.29, 1.82) is 0 Å². The Kier molecular flexibility index (Phi) is 5.39. The van der Waals surface area contributed by atoms with Gasteiger partial charge < -0.3 is 4.90 Å². The van der Waals surface area contributed by atoms with Crippen LogP contribution < -0.4 is 4.90 Å². The minimum Gasteiger partial charge on any atom is -0.308 e. The van der Waals surface area contributed by atoms with Crippen molar-refractivity contribution in [3.8, 4) is 0 Å². The van der Waals surface area contributed by atoms with E-state index in [2.05, 4.69) is 4.98 Å². The van der Waals surface area contributed by atoms with Crippen LogP contribution in [0.1, 0.15) is 38.3 Å². The fourth-order valence-corrected chi connectivity index (χ4v) is 3.51. The summed E-state index contributed by atoms with van der Waals surface area (Å²) in [5.41, 5.74) is 3.53. The van der Waals surface area contributed by atoms with Crippen molar-refractivity contribution in [3.05, 3.63) is 95.3 Å². The van der Waals surface area contributed by atoms with Crippen LogP contribution in [-0.4, -0.2) is 34.2 Å². The van der Waals surface area contributed by atoms with Crippen molar-refractivity contribution in [2.75, 3.05) is 11.4 Å². The van der Waals surface area contributed by atoms with Crippen molar-refractivity contribution < 1.29 is 14.4 Å². The smallest absolute Gasteiger partial charge is 0.261 e. The van der Waals surface area contributed by atoms with Crippen molar-refractivity contribution in [2.24, 2.45) is 0 Å². The van der Waals surface area contributed by atoms with Crippen LogP contribution in [0.4, 0.5) is 5.69 Å². The Labute approximate surface area is 174 Å². The van der Waals surface area contributed by atoms with Crippen LogP contribution >= 0.6 is 0 Å². The molecule has 150 valence electrons. The van der Waals surface area contributed by atoms with Crippen molar-refractivity contribution >= 4 is 23.4 Å². The molecule has 0 radical (unpaired) electrons. The summed E-state index contributed by atoms with van der Waals surface area (Å²) in [5, 5.41) is 0. The Morgan fingerprint density at radius 2 is 1.60 bits per heavy atom. The zero-order valence-electron chi connectivity index (χ0n) is 16.6. The standard InChI is InChI=1S/C24H21N3O3/c1-17-8-10-19(11-9-17)27(16-18-5-4-13-25-15-18)22(28)12-14-26-23(29)20-6-2-3-7-21(20)24(26)30/h2-11,13,15H,12,14,16H2,1H3. The average molecular weight is 399 g/mol. The molecule has 1 aliphatic rings. The number of hydrogen-bond donors (Lipinski definition) is 0. The van der Waals surface area contributed by atoms with E-state index >= 15 is 0 Å². The monoisotopic (exact) mass is 399 g/mol. The topological polar surface area (TPSA) is 70.6 Å². The maximum atomic E-state index is 13.1. The zero-order chi connectivity index (χ0) is 21.1. The summed E-state index contributed by atoms with van der Waals surface area (Å²) in [5.74, 6) is -0.866. The second-order valence-corrected chi connectivity index (χ2v) is 7.23. The molecule has 1 aromatic heterocycles. The first kappa shape index (κ1) is 19.5. The Hall–Kier alpha value is -3.80. The minimum atomic E-state index is -0.349. The normalized spacial score (nSPS) is 12.8. The first-order valence-electron chi connectivity index (χ1n) is 9.76. The van der Waals surface area contributed by atoms with E-state index in [1.807, 2.05) is 43.3 Å². The van der Waals surface area contributed by atoms with Gasteiger partial charge >= 0.3 is 0 Å². The lowest BCUT2D eigenvalue weighted by Gasteiger charge is -2.24. The first-order chi connectivity index (χ1) is 14.5. The summed E-state index contributed by atoms with van der Waals surface area (Å²) in [6.07, 6.45) is 3.45. The van der Waals surface area contributed by atoms with Gasteiger partial charge in [-0.05, 0) is 42.8 Å². The van der Waals surface area contributed by atoms with Gasteiger partial charge in [-0.25, -0.2) is 0 Å². The number of amides is 3. The second kappa shape index (κ2) is 8.29. The van der Waals surface area contributed by atoms with E-state index in [4.69, 9.17) is 0 Å². The molecule has 1 aliphatic heterocycles. The number of pyridine rings is 1. The van der Waals surface area contributed by atoms with Crippen LogP contribution in [-0.2, 0) is 11.3 Å². The van der Waals surface area contributed by atoms with E-state index in [1.54, 1.807) is 41.6 Å². The van der Waals surface area contributed by atoms with Crippen LogP contribution in [0, 0.1) is 6.92 Å². The number of anilines is 1. The van der Waals surface area contributed by atoms with Crippen molar-refractivity contribution in [1.82, 2.24) is 9.88 Å². The Morgan fingerprint density at radius 3 is 2.20 bits per heavy atom. The lowest BCUT2D eigenvalue weighted by atomic mass is 10.1. The summed E-state index contributed by atoms with van der Waals surface area (Å²) in [6.45, 7) is 2.39. The number of aromatic nitrogens is 1. The van der Waals surface area contributed by atoms with Crippen LogP contribution in [0.25, 0.3) is 0 Å². The van der Waals surface area contributed by atoms with Gasteiger partial charge in [-0.1, -0.05) is 35.9 Å². The van der Waals surface area contributed by atoms with E-state index in [9.17, 15) is 14.4 Å². The number of rotatable bonds is 6. The molecule has 0 atom stereocenters. The molecule has 0 saturated carbocycles. The molecular weight excluding hydrogens is 378 g/mol. The number of benzene rings is 2. The Balaban J connectivity index is 1.51. The van der Waals surface area contributed by atoms with E-state index in [-0.39, 0.29) is 30.7 Å². The number of carbonyl (C=O) groups excluding carboxylic acids is 3. The molecule has 30 heavy (non-hydrogen) atoms. The van der Waals surface area contributed by atoms with Crippen molar-refractivity contribution in [2.45, 2.75) is 19.9 Å². The highest BCUT2D eigenvalue weighted by Crippen LogP contribution is 2.24. The van der Waals surface area contributed by atoms with Gasteiger partial charge in [-0.2, -0.15) is 0 Å². The number of nitrogens with zero attached hydrogens (tertiary/aromatic N) is 3. The average Bonchev–Trinajstić information content (AvgIpc) is 3.02. The number of imide groups is 1. The SMILES string of the molecule is Cc1ccc(N(Cc2cccnc2)C(=O)CCN2C(=O)c3ccccc3C2=O)cc1. The molecule has 3 amide bonds. The zero-order valence-corrected chi connectivity index (χ0v) is 16.6. The minimum absolute atomic E-state index is 0.0413. The van der Waals surface area contributed by atoms with Crippen LogP contribution in [0.2, 0.25) is 0 Å². The second-order valence-electron chi connectivity index (χ2n) is 7.23. The van der Waals surface area contributed by atoms with Gasteiger partial charge in [0.25, 0.3) is 11.8 Å². The maximum Gasteiger partial charge on any atom is 0.261 e. The molecule has 0 aliphatic carbocycles. The predicted molar refractivity (Wildman–Crippen MR) is 113 cm³/mol. The molecule has 6 heteroatoms. The quantitative estimate of drug-likeness (QED) is 0.594. The number of aryl methyl sites for hydroxylation is 1. The van der Waals surface area contributed by atoms with Crippen molar-refractivity contribution in [3.63, 3.8) is 0 Å². The summed E-state index contributed by atoms with van der Waals surface area (Å²) < 4.78 is 0. The summed E-state index contributed by atoms with van der Waals surface area (Å²) in [7, 11) is 0. The van der Waals surface area contributed by atoms with Crippen LogP contribution in [0.3, 0.4) is 0 Å². The molecule has 2 aromatic carbocycles. The van der Waals surface area contributed by atoms with Gasteiger partial charge in [0.05, 0.1) is 17.7 Å². The third-order valence-corrected chi connectivity index (χ3v) is 5.14. The van der Waals surface area contributed by atoms with E-state index in [0.29, 0.717) is 17.7 Å². The van der Waals surface area contributed by atoms with Gasteiger partial charge in [0.2, 0.25) is 5.91 Å². The Morgan fingerprint density at radius 1 is 0.933 bits per heavy atom. The first-order valence-corrected chi connectivity index (χ1v) is 9.76. The van der Waals surface area contributed by atoms with E-state index in [1.165, 1.54) is 0 Å². The molecule has 0 spiro atoms. The molecule has 3 aromatic rings. The lowest BCUT2D eigenvalue weighted by Crippen LogP contribution is -2.36. The molecule has 0 bridgehead atoms. The Bertz CT molecular complexity index is 1060. The third-order valence-electron chi connectivity index (χ3n) is 5.14. The molecule has 0 saturated heterocycles. The van der Waals surface area contributed by atoms with Gasteiger partial charge in [-0.15, -0.1) is 0 Å². The van der Waals surface area contributed by atoms with E-state index in [0.717, 1.165) is 21.7 Å². The number of fused-ring (bicyclic) bond motifs is 1. The molecule has 6 nitrogen and oxygen atoms in total. The largest absolute Gasteiger partial charge is 0.308 e. The molecule has 0 fully saturated rings. The highest BCUT2D eigenvalue weighted by Gasteiger charge is 2.35. The summed E-state index contributed by atoms with van der Waals surface area (Å²) in [6, 6.07) is 18.1. The van der Waals surface area contributed by atoms with Crippen LogP contribution in [0.5, 0.6) is 0 Å².